The number of carbonyl (C=O) groups excluding carboxylic acids is 1. The summed E-state index contributed by atoms with van der Waals surface area (Å²) in [7, 11) is 0. The van der Waals surface area contributed by atoms with Crippen LogP contribution in [-0.4, -0.2) is 10.3 Å². The first-order valence-corrected chi connectivity index (χ1v) is 6.08. The number of amides is 1. The van der Waals surface area contributed by atoms with Gasteiger partial charge in [-0.2, -0.15) is 9.64 Å². The molecule has 1 aliphatic carbocycles. The molecule has 0 radical (unpaired) electrons. The molecule has 1 amide bonds. The lowest BCUT2D eigenvalue weighted by molar-refractivity contribution is -0.119. The van der Waals surface area contributed by atoms with Crippen molar-refractivity contribution >= 4 is 33.2 Å². The van der Waals surface area contributed by atoms with Gasteiger partial charge in [0.25, 0.3) is 0 Å². The van der Waals surface area contributed by atoms with Gasteiger partial charge in [-0.1, -0.05) is 0 Å². The first kappa shape index (κ1) is 10.2. The van der Waals surface area contributed by atoms with Crippen LogP contribution in [0.25, 0.3) is 10.1 Å². The van der Waals surface area contributed by atoms with Crippen molar-refractivity contribution in [3.8, 4) is 6.07 Å². The third kappa shape index (κ3) is 1.67. The fourth-order valence-corrected chi connectivity index (χ4v) is 2.34. The van der Waals surface area contributed by atoms with E-state index in [0.29, 0.717) is 12.8 Å². The van der Waals surface area contributed by atoms with Crippen molar-refractivity contribution in [2.24, 2.45) is 5.41 Å². The molecule has 5 heteroatoms. The van der Waals surface area contributed by atoms with Crippen molar-refractivity contribution in [1.29, 1.82) is 5.26 Å². The molecule has 0 spiro atoms. The normalized spacial score (nSPS) is 16.4. The number of benzene rings is 1. The summed E-state index contributed by atoms with van der Waals surface area (Å²) in [5, 5.41) is 12.7. The predicted octanol–water partition coefficient (Wildman–Crippen LogP) is 2.54. The van der Waals surface area contributed by atoms with Crippen LogP contribution in [0, 0.1) is 16.7 Å². The number of aromatic nitrogens is 1. The van der Waals surface area contributed by atoms with E-state index in [1.165, 1.54) is 11.5 Å². The molecule has 4 nitrogen and oxygen atoms in total. The van der Waals surface area contributed by atoms with Gasteiger partial charge in [0.15, 0.2) is 0 Å². The van der Waals surface area contributed by atoms with E-state index in [0.717, 1.165) is 15.8 Å². The van der Waals surface area contributed by atoms with E-state index < -0.39 is 5.41 Å². The monoisotopic (exact) mass is 243 g/mol. The Hall–Kier alpha value is -1.93. The van der Waals surface area contributed by atoms with E-state index in [9.17, 15) is 4.79 Å². The molecule has 3 rings (SSSR count). The van der Waals surface area contributed by atoms with Gasteiger partial charge in [-0.3, -0.25) is 4.79 Å². The van der Waals surface area contributed by atoms with Crippen LogP contribution >= 0.6 is 11.5 Å². The van der Waals surface area contributed by atoms with E-state index in [1.807, 2.05) is 18.2 Å². The number of nitriles is 1. The number of nitrogens with one attached hydrogen (secondary N) is 1. The third-order valence-electron chi connectivity index (χ3n) is 3.01. The Bertz CT molecular complexity index is 636. The zero-order chi connectivity index (χ0) is 11.9. The Morgan fingerprint density at radius 2 is 2.35 bits per heavy atom. The molecule has 1 aliphatic rings. The smallest absolute Gasteiger partial charge is 0.244 e. The SMILES string of the molecule is N#CC1(C(=O)Nc2ccc3sncc3c2)CC1. The van der Waals surface area contributed by atoms with Gasteiger partial charge >= 0.3 is 0 Å². The Balaban J connectivity index is 1.85. The molecule has 2 aromatic rings. The van der Waals surface area contributed by atoms with Crippen molar-refractivity contribution in [1.82, 2.24) is 4.37 Å². The number of fused-ring (bicyclic) bond motifs is 1. The maximum atomic E-state index is 11.9. The van der Waals surface area contributed by atoms with Gasteiger partial charge in [-0.25, -0.2) is 0 Å². The van der Waals surface area contributed by atoms with Gasteiger partial charge in [0.2, 0.25) is 5.91 Å². The van der Waals surface area contributed by atoms with Crippen LogP contribution in [0.3, 0.4) is 0 Å². The molecule has 1 aromatic carbocycles. The summed E-state index contributed by atoms with van der Waals surface area (Å²) < 4.78 is 5.16. The highest BCUT2D eigenvalue weighted by Crippen LogP contribution is 2.45. The molecule has 1 N–H and O–H groups in total. The highest BCUT2D eigenvalue weighted by Gasteiger charge is 2.50. The quantitative estimate of drug-likeness (QED) is 0.881. The number of anilines is 1. The Kier molecular flexibility index (Phi) is 2.13. The molecule has 1 aromatic heterocycles. The van der Waals surface area contributed by atoms with E-state index in [-0.39, 0.29) is 5.91 Å². The number of hydrogen-bond acceptors (Lipinski definition) is 4. The van der Waals surface area contributed by atoms with E-state index in [4.69, 9.17) is 5.26 Å². The highest BCUT2D eigenvalue weighted by molar-refractivity contribution is 7.13. The second kappa shape index (κ2) is 3.54. The minimum absolute atomic E-state index is 0.192. The minimum Gasteiger partial charge on any atom is -0.325 e. The second-order valence-electron chi connectivity index (χ2n) is 4.23. The first-order valence-electron chi connectivity index (χ1n) is 5.31. The molecule has 17 heavy (non-hydrogen) atoms. The third-order valence-corrected chi connectivity index (χ3v) is 3.79. The van der Waals surface area contributed by atoms with E-state index in [2.05, 4.69) is 15.8 Å². The maximum absolute atomic E-state index is 11.9. The summed E-state index contributed by atoms with van der Waals surface area (Å²) in [4.78, 5) is 11.9. The molecule has 0 saturated heterocycles. The largest absolute Gasteiger partial charge is 0.325 e. The van der Waals surface area contributed by atoms with Crippen LogP contribution in [0.1, 0.15) is 12.8 Å². The molecular formula is C12H9N3OS. The van der Waals surface area contributed by atoms with Crippen LogP contribution in [0.4, 0.5) is 5.69 Å². The summed E-state index contributed by atoms with van der Waals surface area (Å²) in [5.74, 6) is -0.192. The number of rotatable bonds is 2. The molecule has 1 heterocycles. The van der Waals surface area contributed by atoms with Crippen molar-refractivity contribution in [2.75, 3.05) is 5.32 Å². The topological polar surface area (TPSA) is 65.8 Å². The van der Waals surface area contributed by atoms with E-state index in [1.54, 1.807) is 6.20 Å². The molecule has 84 valence electrons. The van der Waals surface area contributed by atoms with Gasteiger partial charge in [0, 0.05) is 17.3 Å². The zero-order valence-electron chi connectivity index (χ0n) is 8.93. The number of nitrogens with zero attached hydrogens (tertiary/aromatic N) is 2. The van der Waals surface area contributed by atoms with Crippen molar-refractivity contribution in [3.05, 3.63) is 24.4 Å². The van der Waals surface area contributed by atoms with Crippen LogP contribution in [0.15, 0.2) is 24.4 Å². The Morgan fingerprint density at radius 1 is 1.53 bits per heavy atom. The molecule has 0 aliphatic heterocycles. The lowest BCUT2D eigenvalue weighted by Gasteiger charge is -2.07. The lowest BCUT2D eigenvalue weighted by Crippen LogP contribution is -2.22. The standard InChI is InChI=1S/C12H9N3OS/c13-7-12(3-4-12)11(16)15-9-1-2-10-8(5-9)6-14-17-10/h1-2,5-6H,3-4H2,(H,15,16). The zero-order valence-corrected chi connectivity index (χ0v) is 9.75. The summed E-state index contributed by atoms with van der Waals surface area (Å²) >= 11 is 1.42. The summed E-state index contributed by atoms with van der Waals surface area (Å²) in [6, 6.07) is 7.73. The predicted molar refractivity (Wildman–Crippen MR) is 65.5 cm³/mol. The Morgan fingerprint density at radius 3 is 3.06 bits per heavy atom. The first-order chi connectivity index (χ1) is 8.23. The maximum Gasteiger partial charge on any atom is 0.244 e. The van der Waals surface area contributed by atoms with Crippen LogP contribution < -0.4 is 5.32 Å². The molecule has 1 saturated carbocycles. The molecule has 0 bridgehead atoms. The summed E-state index contributed by atoms with van der Waals surface area (Å²) in [6.07, 6.45) is 3.10. The van der Waals surface area contributed by atoms with Crippen molar-refractivity contribution in [3.63, 3.8) is 0 Å². The van der Waals surface area contributed by atoms with Gasteiger partial charge in [0.05, 0.1) is 10.8 Å². The van der Waals surface area contributed by atoms with Crippen molar-refractivity contribution < 1.29 is 4.79 Å². The number of hydrogen-bond donors (Lipinski definition) is 1. The Labute approximate surface area is 102 Å². The van der Waals surface area contributed by atoms with E-state index >= 15 is 0 Å². The molecule has 0 unspecified atom stereocenters. The van der Waals surface area contributed by atoms with Gasteiger partial charge in [-0.05, 0) is 42.6 Å². The summed E-state index contributed by atoms with van der Waals surface area (Å²) in [5.41, 5.74) is -0.0498. The average Bonchev–Trinajstić information content (AvgIpc) is 3.01. The second-order valence-corrected chi connectivity index (χ2v) is 5.06. The van der Waals surface area contributed by atoms with Gasteiger partial charge in [0.1, 0.15) is 5.41 Å². The van der Waals surface area contributed by atoms with Gasteiger partial charge < -0.3 is 5.32 Å². The molecule has 1 fully saturated rings. The van der Waals surface area contributed by atoms with Gasteiger partial charge in [-0.15, -0.1) is 0 Å². The highest BCUT2D eigenvalue weighted by atomic mass is 32.1. The fraction of sp³-hybridized carbons (Fsp3) is 0.250. The van der Waals surface area contributed by atoms with Crippen LogP contribution in [0.5, 0.6) is 0 Å². The molecule has 0 atom stereocenters. The minimum atomic E-state index is -0.776. The van der Waals surface area contributed by atoms with Crippen molar-refractivity contribution in [2.45, 2.75) is 12.8 Å². The fourth-order valence-electron chi connectivity index (χ4n) is 1.72. The number of carbonyl (C=O) groups is 1. The average molecular weight is 243 g/mol. The van der Waals surface area contributed by atoms with Crippen LogP contribution in [0.2, 0.25) is 0 Å². The molecular weight excluding hydrogens is 234 g/mol. The van der Waals surface area contributed by atoms with Crippen LogP contribution in [-0.2, 0) is 4.79 Å². The summed E-state index contributed by atoms with van der Waals surface area (Å²) in [6.45, 7) is 0. The lowest BCUT2D eigenvalue weighted by atomic mass is 10.1.